The van der Waals surface area contributed by atoms with Crippen LogP contribution in [0.3, 0.4) is 0 Å². The average Bonchev–Trinajstić information content (AvgIpc) is 3.53. The molecule has 0 spiro atoms. The molecule has 0 aromatic heterocycles. The fraction of sp³-hybridized carbons (Fsp3) is 0. The van der Waals surface area contributed by atoms with Gasteiger partial charge < -0.3 is 0 Å². The second-order valence-corrected chi connectivity index (χ2v) is 10.8. The third-order valence-electron chi connectivity index (χ3n) is 8.78. The molecule has 0 N–H and O–H groups in total. The normalized spacial score (nSPS) is 12.0. The van der Waals surface area contributed by atoms with Crippen molar-refractivity contribution < 1.29 is 0 Å². The Labute approximate surface area is 232 Å². The van der Waals surface area contributed by atoms with Gasteiger partial charge in [-0.15, -0.1) is 0 Å². The molecule has 7 aromatic rings. The van der Waals surface area contributed by atoms with Crippen LogP contribution in [0.5, 0.6) is 0 Å². The van der Waals surface area contributed by atoms with Crippen LogP contribution in [0.2, 0.25) is 0 Å². The summed E-state index contributed by atoms with van der Waals surface area (Å²) >= 11 is 0. The first-order chi connectivity index (χ1) is 19.8. The number of rotatable bonds is 2. The second kappa shape index (κ2) is 7.79. The van der Waals surface area contributed by atoms with E-state index in [9.17, 15) is 5.26 Å². The lowest BCUT2D eigenvalue weighted by molar-refractivity contribution is 1.48. The standard InChI is InChI=1S/C39H21N/c40-22-23-19-24(26-15-17-36-30-9-3-1-7-28(30)34-13-5-11-32(26)38(34)36)21-25(20-23)27-16-18-37-31-10-4-2-8-29(31)35-14-6-12-33(27)39(35)37/h1-21H. The quantitative estimate of drug-likeness (QED) is 0.230. The highest BCUT2D eigenvalue weighted by atomic mass is 14.3. The van der Waals surface area contributed by atoms with Gasteiger partial charge in [-0.3, -0.25) is 0 Å². The molecule has 0 amide bonds. The molecule has 0 unspecified atom stereocenters. The predicted molar refractivity (Wildman–Crippen MR) is 166 cm³/mol. The number of nitriles is 1. The van der Waals surface area contributed by atoms with E-state index in [1.54, 1.807) is 0 Å². The summed E-state index contributed by atoms with van der Waals surface area (Å²) < 4.78 is 0. The molecule has 0 bridgehead atoms. The molecule has 0 fully saturated rings. The van der Waals surface area contributed by atoms with Crippen LogP contribution in [-0.2, 0) is 0 Å². The molecule has 182 valence electrons. The Balaban J connectivity index is 1.29. The highest BCUT2D eigenvalue weighted by molar-refractivity contribution is 6.20. The predicted octanol–water partition coefficient (Wildman–Crippen LogP) is 10.5. The Kier molecular flexibility index (Phi) is 4.18. The highest BCUT2D eigenvalue weighted by Crippen LogP contribution is 2.51. The molecule has 0 aliphatic heterocycles. The molecular formula is C39H21N. The first-order valence-electron chi connectivity index (χ1n) is 13.7. The summed E-state index contributed by atoms with van der Waals surface area (Å²) in [6.45, 7) is 0. The highest BCUT2D eigenvalue weighted by Gasteiger charge is 2.24. The largest absolute Gasteiger partial charge is 0.192 e. The molecule has 0 saturated heterocycles. The summed E-state index contributed by atoms with van der Waals surface area (Å²) in [5.41, 5.74) is 15.4. The van der Waals surface area contributed by atoms with Gasteiger partial charge in [-0.05, 0) is 107 Å². The molecule has 0 atom stereocenters. The van der Waals surface area contributed by atoms with Crippen LogP contribution >= 0.6 is 0 Å². The number of fused-ring (bicyclic) bond motifs is 6. The minimum Gasteiger partial charge on any atom is -0.192 e. The monoisotopic (exact) mass is 503 g/mol. The fourth-order valence-electron chi connectivity index (χ4n) is 7.12. The van der Waals surface area contributed by atoms with Crippen molar-refractivity contribution in [1.82, 2.24) is 0 Å². The van der Waals surface area contributed by atoms with Crippen LogP contribution in [-0.4, -0.2) is 0 Å². The maximum atomic E-state index is 10.1. The lowest BCUT2D eigenvalue weighted by Gasteiger charge is -2.14. The molecule has 0 saturated carbocycles. The molecule has 2 aliphatic carbocycles. The Bertz CT molecular complexity index is 2070. The zero-order chi connectivity index (χ0) is 26.4. The van der Waals surface area contributed by atoms with Crippen molar-refractivity contribution in [3.63, 3.8) is 0 Å². The molecule has 0 radical (unpaired) electrons. The van der Waals surface area contributed by atoms with E-state index in [-0.39, 0.29) is 0 Å². The fourth-order valence-corrected chi connectivity index (χ4v) is 7.12. The van der Waals surface area contributed by atoms with Crippen molar-refractivity contribution in [1.29, 1.82) is 5.26 Å². The van der Waals surface area contributed by atoms with Gasteiger partial charge in [0.1, 0.15) is 0 Å². The topological polar surface area (TPSA) is 23.8 Å². The van der Waals surface area contributed by atoms with Crippen LogP contribution in [0.15, 0.2) is 127 Å². The molecular weight excluding hydrogens is 482 g/mol. The van der Waals surface area contributed by atoms with Gasteiger partial charge >= 0.3 is 0 Å². The van der Waals surface area contributed by atoms with Crippen LogP contribution < -0.4 is 0 Å². The molecule has 40 heavy (non-hydrogen) atoms. The van der Waals surface area contributed by atoms with Crippen molar-refractivity contribution >= 4 is 21.5 Å². The Morgan fingerprint density at radius 2 is 0.725 bits per heavy atom. The summed E-state index contributed by atoms with van der Waals surface area (Å²) in [4.78, 5) is 0. The molecule has 1 heteroatoms. The van der Waals surface area contributed by atoms with Gasteiger partial charge in [0, 0.05) is 0 Å². The zero-order valence-corrected chi connectivity index (χ0v) is 21.6. The van der Waals surface area contributed by atoms with Gasteiger partial charge in [0.05, 0.1) is 11.6 Å². The number of benzene rings is 7. The summed E-state index contributed by atoms with van der Waals surface area (Å²) in [6, 6.07) is 48.3. The zero-order valence-electron chi connectivity index (χ0n) is 21.6. The van der Waals surface area contributed by atoms with E-state index in [0.29, 0.717) is 5.56 Å². The van der Waals surface area contributed by atoms with Crippen LogP contribution in [0, 0.1) is 11.3 Å². The van der Waals surface area contributed by atoms with E-state index < -0.39 is 0 Å². The lowest BCUT2D eigenvalue weighted by Crippen LogP contribution is -1.89. The van der Waals surface area contributed by atoms with E-state index in [4.69, 9.17) is 0 Å². The van der Waals surface area contributed by atoms with Gasteiger partial charge in [-0.2, -0.15) is 5.26 Å². The van der Waals surface area contributed by atoms with Crippen molar-refractivity contribution in [2.75, 3.05) is 0 Å². The second-order valence-electron chi connectivity index (χ2n) is 10.8. The van der Waals surface area contributed by atoms with Crippen molar-refractivity contribution in [2.45, 2.75) is 0 Å². The Morgan fingerprint density at radius 1 is 0.350 bits per heavy atom. The number of nitrogens with zero attached hydrogens (tertiary/aromatic N) is 1. The maximum absolute atomic E-state index is 10.1. The SMILES string of the molecule is N#Cc1cc(-c2ccc3c4c(cccc24)-c2ccccc2-3)cc(-c2ccc3c4c(cccc24)-c2ccccc2-3)c1. The minimum atomic E-state index is 0.672. The van der Waals surface area contributed by atoms with E-state index in [1.807, 2.05) is 12.1 Å². The summed E-state index contributed by atoms with van der Waals surface area (Å²) in [6.07, 6.45) is 0. The first-order valence-corrected chi connectivity index (χ1v) is 13.7. The van der Waals surface area contributed by atoms with Crippen molar-refractivity contribution in [2.24, 2.45) is 0 Å². The molecule has 9 rings (SSSR count). The third kappa shape index (κ3) is 2.75. The summed E-state index contributed by atoms with van der Waals surface area (Å²) in [5.74, 6) is 0. The van der Waals surface area contributed by atoms with E-state index in [0.717, 1.165) is 22.3 Å². The van der Waals surface area contributed by atoms with E-state index >= 15 is 0 Å². The Hall–Kier alpha value is -5.45. The maximum Gasteiger partial charge on any atom is 0.0992 e. The number of hydrogen-bond acceptors (Lipinski definition) is 1. The summed E-state index contributed by atoms with van der Waals surface area (Å²) in [5, 5.41) is 15.1. The van der Waals surface area contributed by atoms with Gasteiger partial charge in [0.25, 0.3) is 0 Å². The lowest BCUT2D eigenvalue weighted by atomic mass is 9.89. The first kappa shape index (κ1) is 21.5. The van der Waals surface area contributed by atoms with E-state index in [1.165, 1.54) is 66.1 Å². The van der Waals surface area contributed by atoms with Gasteiger partial charge in [0.2, 0.25) is 0 Å². The van der Waals surface area contributed by atoms with Crippen LogP contribution in [0.1, 0.15) is 5.56 Å². The van der Waals surface area contributed by atoms with Crippen LogP contribution in [0.4, 0.5) is 0 Å². The molecule has 7 aromatic carbocycles. The molecule has 1 nitrogen and oxygen atoms in total. The van der Waals surface area contributed by atoms with Gasteiger partial charge in [-0.25, -0.2) is 0 Å². The van der Waals surface area contributed by atoms with Crippen LogP contribution in [0.25, 0.3) is 88.3 Å². The summed E-state index contributed by atoms with van der Waals surface area (Å²) in [7, 11) is 0. The van der Waals surface area contributed by atoms with Gasteiger partial charge in [0.15, 0.2) is 0 Å². The molecule has 2 aliphatic rings. The van der Waals surface area contributed by atoms with Crippen molar-refractivity contribution in [3.05, 3.63) is 133 Å². The van der Waals surface area contributed by atoms with E-state index in [2.05, 4.69) is 121 Å². The number of hydrogen-bond donors (Lipinski definition) is 0. The van der Waals surface area contributed by atoms with Crippen molar-refractivity contribution in [3.8, 4) is 72.8 Å². The smallest absolute Gasteiger partial charge is 0.0992 e. The molecule has 0 heterocycles. The Morgan fingerprint density at radius 3 is 1.15 bits per heavy atom. The average molecular weight is 504 g/mol. The third-order valence-corrected chi connectivity index (χ3v) is 8.78. The van der Waals surface area contributed by atoms with Gasteiger partial charge in [-0.1, -0.05) is 109 Å². The minimum absolute atomic E-state index is 0.672.